The molecule has 0 spiro atoms. The van der Waals surface area contributed by atoms with E-state index in [2.05, 4.69) is 10.6 Å². The minimum absolute atomic E-state index is 0.237. The maximum Gasteiger partial charge on any atom is 0.315 e. The Morgan fingerprint density at radius 1 is 1.27 bits per heavy atom. The molecular weight excluding hydrogens is 192 g/mol. The third kappa shape index (κ3) is 8.24. The first-order valence-electron chi connectivity index (χ1n) is 5.45. The van der Waals surface area contributed by atoms with Crippen molar-refractivity contribution >= 4 is 6.03 Å². The minimum Gasteiger partial charge on any atom is -0.388 e. The van der Waals surface area contributed by atoms with Crippen molar-refractivity contribution in [2.45, 2.75) is 58.6 Å². The highest BCUT2D eigenvalue weighted by molar-refractivity contribution is 5.74. The Bertz CT molecular complexity index is 207. The number of rotatable bonds is 4. The maximum absolute atomic E-state index is 11.4. The lowest BCUT2D eigenvalue weighted by atomic mass is 10.0. The van der Waals surface area contributed by atoms with E-state index < -0.39 is 5.60 Å². The lowest BCUT2D eigenvalue weighted by Crippen LogP contribution is -2.50. The normalized spacial score (nSPS) is 15.6. The lowest BCUT2D eigenvalue weighted by Gasteiger charge is -2.25. The Labute approximate surface area is 92.4 Å². The molecule has 0 aliphatic heterocycles. The Morgan fingerprint density at radius 3 is 2.20 bits per heavy atom. The minimum atomic E-state index is -0.816. The molecule has 1 atom stereocenters. The van der Waals surface area contributed by atoms with Gasteiger partial charge in [-0.2, -0.15) is 0 Å². The summed E-state index contributed by atoms with van der Waals surface area (Å²) in [7, 11) is 0. The summed E-state index contributed by atoms with van der Waals surface area (Å²) in [6.07, 6.45) is 1.58. The number of nitrogens with one attached hydrogen (secondary N) is 2. The molecule has 0 saturated carbocycles. The van der Waals surface area contributed by atoms with Crippen LogP contribution in [0.15, 0.2) is 0 Å². The van der Waals surface area contributed by atoms with Gasteiger partial charge in [0.1, 0.15) is 0 Å². The molecule has 0 aliphatic carbocycles. The van der Waals surface area contributed by atoms with Crippen LogP contribution in [0, 0.1) is 0 Å². The average molecular weight is 216 g/mol. The van der Waals surface area contributed by atoms with Crippen LogP contribution in [0.25, 0.3) is 0 Å². The van der Waals surface area contributed by atoms with Crippen molar-refractivity contribution in [1.29, 1.82) is 0 Å². The van der Waals surface area contributed by atoms with Crippen LogP contribution < -0.4 is 10.6 Å². The molecule has 0 saturated heterocycles. The first kappa shape index (κ1) is 14.2. The van der Waals surface area contributed by atoms with E-state index in [1.165, 1.54) is 0 Å². The predicted octanol–water partition coefficient (Wildman–Crippen LogP) is 1.64. The fraction of sp³-hybridized carbons (Fsp3) is 0.909. The van der Waals surface area contributed by atoms with Crippen LogP contribution in [-0.2, 0) is 0 Å². The van der Waals surface area contributed by atoms with Crippen LogP contribution in [0.5, 0.6) is 0 Å². The lowest BCUT2D eigenvalue weighted by molar-refractivity contribution is 0.0521. The van der Waals surface area contributed by atoms with E-state index in [0.717, 1.165) is 6.42 Å². The topological polar surface area (TPSA) is 61.4 Å². The number of amides is 2. The van der Waals surface area contributed by atoms with E-state index in [-0.39, 0.29) is 18.1 Å². The number of hydrogen-bond acceptors (Lipinski definition) is 2. The highest BCUT2D eigenvalue weighted by Crippen LogP contribution is 2.09. The Kier molecular flexibility index (Phi) is 5.08. The van der Waals surface area contributed by atoms with Gasteiger partial charge in [-0.15, -0.1) is 0 Å². The first-order valence-corrected chi connectivity index (χ1v) is 5.45. The average Bonchev–Trinajstić information content (AvgIpc) is 1.98. The second kappa shape index (κ2) is 5.35. The SMILES string of the molecule is CCCC(C)(O)CNC(=O)NC(C)(C)C. The second-order valence-electron chi connectivity index (χ2n) is 5.30. The van der Waals surface area contributed by atoms with Crippen LogP contribution in [0.4, 0.5) is 4.79 Å². The summed E-state index contributed by atoms with van der Waals surface area (Å²) in [5.41, 5.74) is -1.06. The third-order valence-electron chi connectivity index (χ3n) is 1.91. The van der Waals surface area contributed by atoms with Gasteiger partial charge in [0.05, 0.1) is 5.60 Å². The summed E-state index contributed by atoms with van der Waals surface area (Å²) in [6.45, 7) is 9.75. The molecule has 4 heteroatoms. The molecule has 0 aromatic heterocycles. The molecule has 0 fully saturated rings. The summed E-state index contributed by atoms with van der Waals surface area (Å²) in [6, 6.07) is -0.237. The van der Waals surface area contributed by atoms with Gasteiger partial charge in [0.15, 0.2) is 0 Å². The number of urea groups is 1. The molecule has 3 N–H and O–H groups in total. The van der Waals surface area contributed by atoms with Crippen LogP contribution >= 0.6 is 0 Å². The smallest absolute Gasteiger partial charge is 0.315 e. The van der Waals surface area contributed by atoms with Crippen molar-refractivity contribution < 1.29 is 9.90 Å². The van der Waals surface area contributed by atoms with Crippen molar-refractivity contribution in [2.24, 2.45) is 0 Å². The fourth-order valence-corrected chi connectivity index (χ4v) is 1.28. The zero-order valence-corrected chi connectivity index (χ0v) is 10.5. The van der Waals surface area contributed by atoms with Gasteiger partial charge in [-0.05, 0) is 34.1 Å². The zero-order chi connectivity index (χ0) is 12.1. The Morgan fingerprint density at radius 2 is 1.80 bits per heavy atom. The van der Waals surface area contributed by atoms with Gasteiger partial charge in [0.25, 0.3) is 0 Å². The van der Waals surface area contributed by atoms with Gasteiger partial charge < -0.3 is 15.7 Å². The number of carbonyl (C=O) groups is 1. The molecule has 0 radical (unpaired) electrons. The van der Waals surface area contributed by atoms with Crippen molar-refractivity contribution in [1.82, 2.24) is 10.6 Å². The predicted molar refractivity (Wildman–Crippen MR) is 61.8 cm³/mol. The van der Waals surface area contributed by atoms with Crippen LogP contribution in [-0.4, -0.2) is 28.8 Å². The summed E-state index contributed by atoms with van der Waals surface area (Å²) < 4.78 is 0. The standard InChI is InChI=1S/C11H24N2O2/c1-6-7-11(5,15)8-12-9(14)13-10(2,3)4/h15H,6-8H2,1-5H3,(H2,12,13,14). The van der Waals surface area contributed by atoms with E-state index in [1.807, 2.05) is 27.7 Å². The molecule has 15 heavy (non-hydrogen) atoms. The van der Waals surface area contributed by atoms with Crippen molar-refractivity contribution in [3.63, 3.8) is 0 Å². The van der Waals surface area contributed by atoms with E-state index in [4.69, 9.17) is 0 Å². The van der Waals surface area contributed by atoms with Crippen LogP contribution in [0.1, 0.15) is 47.5 Å². The van der Waals surface area contributed by atoms with Gasteiger partial charge >= 0.3 is 6.03 Å². The van der Waals surface area contributed by atoms with Gasteiger partial charge in [-0.25, -0.2) is 4.79 Å². The molecular formula is C11H24N2O2. The third-order valence-corrected chi connectivity index (χ3v) is 1.91. The number of aliphatic hydroxyl groups is 1. The van der Waals surface area contributed by atoms with Gasteiger partial charge in [-0.3, -0.25) is 0 Å². The zero-order valence-electron chi connectivity index (χ0n) is 10.5. The summed E-state index contributed by atoms with van der Waals surface area (Å²) in [5, 5.41) is 15.3. The van der Waals surface area contributed by atoms with Crippen molar-refractivity contribution in [3.8, 4) is 0 Å². The van der Waals surface area contributed by atoms with E-state index >= 15 is 0 Å². The van der Waals surface area contributed by atoms with Gasteiger partial charge in [-0.1, -0.05) is 13.3 Å². The molecule has 0 heterocycles. The molecule has 0 aromatic rings. The quantitative estimate of drug-likeness (QED) is 0.669. The van der Waals surface area contributed by atoms with E-state index in [1.54, 1.807) is 6.92 Å². The molecule has 0 aromatic carbocycles. The molecule has 90 valence electrons. The van der Waals surface area contributed by atoms with Gasteiger partial charge in [0, 0.05) is 12.1 Å². The maximum atomic E-state index is 11.4. The van der Waals surface area contributed by atoms with E-state index in [0.29, 0.717) is 6.42 Å². The molecule has 0 bridgehead atoms. The first-order chi connectivity index (χ1) is 6.66. The molecule has 4 nitrogen and oxygen atoms in total. The number of hydrogen-bond donors (Lipinski definition) is 3. The molecule has 0 aliphatic rings. The van der Waals surface area contributed by atoms with Crippen LogP contribution in [0.3, 0.4) is 0 Å². The molecule has 2 amide bonds. The Balaban J connectivity index is 3.90. The molecule has 1 unspecified atom stereocenters. The highest BCUT2D eigenvalue weighted by Gasteiger charge is 2.21. The Hall–Kier alpha value is -0.770. The van der Waals surface area contributed by atoms with Crippen LogP contribution in [0.2, 0.25) is 0 Å². The highest BCUT2D eigenvalue weighted by atomic mass is 16.3. The summed E-state index contributed by atoms with van der Waals surface area (Å²) in [5.74, 6) is 0. The molecule has 0 rings (SSSR count). The summed E-state index contributed by atoms with van der Waals surface area (Å²) >= 11 is 0. The van der Waals surface area contributed by atoms with Gasteiger partial charge in [0.2, 0.25) is 0 Å². The fourth-order valence-electron chi connectivity index (χ4n) is 1.28. The van der Waals surface area contributed by atoms with Crippen molar-refractivity contribution in [2.75, 3.05) is 6.54 Å². The second-order valence-corrected chi connectivity index (χ2v) is 5.30. The van der Waals surface area contributed by atoms with E-state index in [9.17, 15) is 9.90 Å². The largest absolute Gasteiger partial charge is 0.388 e. The van der Waals surface area contributed by atoms with Crippen molar-refractivity contribution in [3.05, 3.63) is 0 Å². The number of carbonyl (C=O) groups excluding carboxylic acids is 1. The monoisotopic (exact) mass is 216 g/mol. The summed E-state index contributed by atoms with van der Waals surface area (Å²) in [4.78, 5) is 11.4.